The summed E-state index contributed by atoms with van der Waals surface area (Å²) in [5, 5.41) is 3.29. The Kier molecular flexibility index (Phi) is 4.96. The van der Waals surface area contributed by atoms with Crippen LogP contribution in [0.15, 0.2) is 42.7 Å². The lowest BCUT2D eigenvalue weighted by molar-refractivity contribution is 0.472. The number of hydrogen-bond donors (Lipinski definition) is 1. The Hall–Kier alpha value is -2.07. The average molecular weight is 271 g/mol. The van der Waals surface area contributed by atoms with Crippen molar-refractivity contribution in [2.45, 2.75) is 13.5 Å². The fraction of sp³-hybridized carbons (Fsp3) is 0.312. The summed E-state index contributed by atoms with van der Waals surface area (Å²) >= 11 is 0. The second-order valence-electron chi connectivity index (χ2n) is 4.76. The summed E-state index contributed by atoms with van der Waals surface area (Å²) in [5.41, 5.74) is 2.18. The molecule has 0 saturated heterocycles. The number of anilines is 1. The van der Waals surface area contributed by atoms with E-state index >= 15 is 0 Å². The maximum absolute atomic E-state index is 5.99. The van der Waals surface area contributed by atoms with Crippen LogP contribution < -0.4 is 15.0 Å². The van der Waals surface area contributed by atoms with Gasteiger partial charge in [-0.05, 0) is 24.7 Å². The number of pyridine rings is 1. The van der Waals surface area contributed by atoms with E-state index in [0.717, 1.165) is 35.8 Å². The van der Waals surface area contributed by atoms with Gasteiger partial charge in [0.15, 0.2) is 0 Å². The van der Waals surface area contributed by atoms with Crippen molar-refractivity contribution >= 4 is 5.69 Å². The number of aromatic nitrogens is 1. The third kappa shape index (κ3) is 3.71. The van der Waals surface area contributed by atoms with Gasteiger partial charge >= 0.3 is 0 Å². The van der Waals surface area contributed by atoms with Crippen LogP contribution in [0.3, 0.4) is 0 Å². The number of nitrogens with one attached hydrogen (secondary N) is 1. The summed E-state index contributed by atoms with van der Waals surface area (Å²) < 4.78 is 5.99. The van der Waals surface area contributed by atoms with E-state index in [1.165, 1.54) is 0 Å². The molecule has 0 aliphatic heterocycles. The van der Waals surface area contributed by atoms with E-state index in [0.29, 0.717) is 0 Å². The minimum absolute atomic E-state index is 0.757. The molecule has 106 valence electrons. The monoisotopic (exact) mass is 271 g/mol. The molecule has 20 heavy (non-hydrogen) atoms. The highest BCUT2D eigenvalue weighted by Crippen LogP contribution is 2.27. The van der Waals surface area contributed by atoms with Gasteiger partial charge in [-0.25, -0.2) is 0 Å². The third-order valence-corrected chi connectivity index (χ3v) is 2.99. The number of benzene rings is 1. The van der Waals surface area contributed by atoms with Gasteiger partial charge in [0, 0.05) is 50.4 Å². The molecule has 0 atom stereocenters. The lowest BCUT2D eigenvalue weighted by Gasteiger charge is -2.15. The third-order valence-electron chi connectivity index (χ3n) is 2.99. The molecule has 2 aromatic rings. The van der Waals surface area contributed by atoms with Crippen molar-refractivity contribution in [3.63, 3.8) is 0 Å². The number of nitrogens with zero attached hydrogens (tertiary/aromatic N) is 2. The summed E-state index contributed by atoms with van der Waals surface area (Å²) in [7, 11) is 4.03. The van der Waals surface area contributed by atoms with Gasteiger partial charge in [0.1, 0.15) is 11.5 Å². The molecule has 0 amide bonds. The fourth-order valence-corrected chi connectivity index (χ4v) is 1.86. The highest BCUT2D eigenvalue weighted by molar-refractivity contribution is 5.50. The highest BCUT2D eigenvalue weighted by Gasteiger charge is 2.05. The van der Waals surface area contributed by atoms with Crippen LogP contribution >= 0.6 is 0 Å². The van der Waals surface area contributed by atoms with Crippen LogP contribution in [0.2, 0.25) is 0 Å². The molecule has 1 aromatic carbocycles. The normalized spacial score (nSPS) is 10.3. The van der Waals surface area contributed by atoms with Crippen molar-refractivity contribution in [2.75, 3.05) is 25.5 Å². The Balaban J connectivity index is 2.19. The SMILES string of the molecule is CCNCc1cnccc1Oc1cccc(N(C)C)c1. The van der Waals surface area contributed by atoms with Gasteiger partial charge < -0.3 is 15.0 Å². The van der Waals surface area contributed by atoms with E-state index in [-0.39, 0.29) is 0 Å². The lowest BCUT2D eigenvalue weighted by atomic mass is 10.2. The minimum atomic E-state index is 0.757. The van der Waals surface area contributed by atoms with Crippen LogP contribution in [0.5, 0.6) is 11.5 Å². The topological polar surface area (TPSA) is 37.4 Å². The van der Waals surface area contributed by atoms with Gasteiger partial charge in [-0.2, -0.15) is 0 Å². The second kappa shape index (κ2) is 6.91. The molecular weight excluding hydrogens is 250 g/mol. The Bertz CT molecular complexity index is 555. The first-order valence-corrected chi connectivity index (χ1v) is 6.79. The summed E-state index contributed by atoms with van der Waals surface area (Å²) in [5.74, 6) is 1.68. The molecule has 0 unspecified atom stereocenters. The van der Waals surface area contributed by atoms with Crippen LogP contribution in [-0.4, -0.2) is 25.6 Å². The van der Waals surface area contributed by atoms with Crippen molar-refractivity contribution in [3.8, 4) is 11.5 Å². The van der Waals surface area contributed by atoms with Gasteiger partial charge in [0.2, 0.25) is 0 Å². The van der Waals surface area contributed by atoms with E-state index in [4.69, 9.17) is 4.74 Å². The van der Waals surface area contributed by atoms with Crippen LogP contribution in [0, 0.1) is 0 Å². The summed E-state index contributed by atoms with van der Waals surface area (Å²) in [6.45, 7) is 3.76. The summed E-state index contributed by atoms with van der Waals surface area (Å²) in [6, 6.07) is 9.94. The van der Waals surface area contributed by atoms with Crippen LogP contribution in [0.4, 0.5) is 5.69 Å². The Morgan fingerprint density at radius 2 is 2.10 bits per heavy atom. The molecule has 4 heteroatoms. The van der Waals surface area contributed by atoms with E-state index in [2.05, 4.69) is 28.2 Å². The largest absolute Gasteiger partial charge is 0.457 e. The lowest BCUT2D eigenvalue weighted by Crippen LogP contribution is -2.12. The van der Waals surface area contributed by atoms with Gasteiger partial charge in [-0.1, -0.05) is 13.0 Å². The molecule has 2 rings (SSSR count). The van der Waals surface area contributed by atoms with Crippen LogP contribution in [-0.2, 0) is 6.54 Å². The van der Waals surface area contributed by atoms with Crippen molar-refractivity contribution in [1.29, 1.82) is 0 Å². The zero-order chi connectivity index (χ0) is 14.4. The molecule has 1 N–H and O–H groups in total. The molecule has 0 aliphatic carbocycles. The molecule has 0 spiro atoms. The first-order chi connectivity index (χ1) is 9.70. The molecular formula is C16H21N3O. The average Bonchev–Trinajstić information content (AvgIpc) is 2.46. The van der Waals surface area contributed by atoms with Gasteiger partial charge in [0.25, 0.3) is 0 Å². The van der Waals surface area contributed by atoms with Crippen LogP contribution in [0.1, 0.15) is 12.5 Å². The second-order valence-corrected chi connectivity index (χ2v) is 4.76. The minimum Gasteiger partial charge on any atom is -0.457 e. The van der Waals surface area contributed by atoms with Crippen molar-refractivity contribution < 1.29 is 4.74 Å². The van der Waals surface area contributed by atoms with E-state index in [1.807, 2.05) is 44.6 Å². The number of rotatable bonds is 6. The zero-order valence-corrected chi connectivity index (χ0v) is 12.3. The first kappa shape index (κ1) is 14.3. The molecule has 0 aliphatic rings. The zero-order valence-electron chi connectivity index (χ0n) is 12.3. The summed E-state index contributed by atoms with van der Waals surface area (Å²) in [6.07, 6.45) is 3.59. The smallest absolute Gasteiger partial charge is 0.134 e. The predicted octanol–water partition coefficient (Wildman–Crippen LogP) is 3.05. The van der Waals surface area contributed by atoms with E-state index in [1.54, 1.807) is 6.20 Å². The Morgan fingerprint density at radius 1 is 1.25 bits per heavy atom. The number of hydrogen-bond acceptors (Lipinski definition) is 4. The molecule has 0 saturated carbocycles. The molecule has 0 bridgehead atoms. The molecule has 4 nitrogen and oxygen atoms in total. The van der Waals surface area contributed by atoms with Gasteiger partial charge in [-0.15, -0.1) is 0 Å². The Labute approximate surface area is 120 Å². The first-order valence-electron chi connectivity index (χ1n) is 6.79. The maximum atomic E-state index is 5.99. The molecule has 1 aromatic heterocycles. The highest BCUT2D eigenvalue weighted by atomic mass is 16.5. The van der Waals surface area contributed by atoms with Crippen LogP contribution in [0.25, 0.3) is 0 Å². The van der Waals surface area contributed by atoms with E-state index < -0.39 is 0 Å². The fourth-order valence-electron chi connectivity index (χ4n) is 1.86. The quantitative estimate of drug-likeness (QED) is 0.876. The maximum Gasteiger partial charge on any atom is 0.134 e. The molecule has 1 heterocycles. The Morgan fingerprint density at radius 3 is 2.85 bits per heavy atom. The molecule has 0 radical (unpaired) electrons. The van der Waals surface area contributed by atoms with Crippen molar-refractivity contribution in [1.82, 2.24) is 10.3 Å². The van der Waals surface area contributed by atoms with Crippen molar-refractivity contribution in [2.24, 2.45) is 0 Å². The van der Waals surface area contributed by atoms with E-state index in [9.17, 15) is 0 Å². The predicted molar refractivity (Wildman–Crippen MR) is 82.5 cm³/mol. The summed E-state index contributed by atoms with van der Waals surface area (Å²) in [4.78, 5) is 6.21. The molecule has 0 fully saturated rings. The number of ether oxygens (including phenoxy) is 1. The standard InChI is InChI=1S/C16H21N3O/c1-4-17-11-13-12-18-9-8-16(13)20-15-7-5-6-14(10-15)19(2)3/h5-10,12,17H,4,11H2,1-3H3. The van der Waals surface area contributed by atoms with Gasteiger partial charge in [0.05, 0.1) is 0 Å². The van der Waals surface area contributed by atoms with Gasteiger partial charge in [-0.3, -0.25) is 4.98 Å². The van der Waals surface area contributed by atoms with Crippen molar-refractivity contribution in [3.05, 3.63) is 48.3 Å².